The lowest BCUT2D eigenvalue weighted by atomic mass is 9.95. The van der Waals surface area contributed by atoms with Gasteiger partial charge in [-0.05, 0) is 61.1 Å². The zero-order valence-corrected chi connectivity index (χ0v) is 18.3. The highest BCUT2D eigenvalue weighted by Crippen LogP contribution is 2.39. The molecule has 2 aliphatic rings. The van der Waals surface area contributed by atoms with E-state index in [1.165, 1.54) is 10.5 Å². The van der Waals surface area contributed by atoms with Gasteiger partial charge in [-0.3, -0.25) is 19.5 Å². The normalized spacial score (nSPS) is 16.1. The van der Waals surface area contributed by atoms with Gasteiger partial charge in [0, 0.05) is 24.6 Å². The third-order valence-electron chi connectivity index (χ3n) is 6.24. The number of rotatable bonds is 4. The summed E-state index contributed by atoms with van der Waals surface area (Å²) < 4.78 is 0. The maximum absolute atomic E-state index is 13.8. The fourth-order valence-electron chi connectivity index (χ4n) is 4.73. The van der Waals surface area contributed by atoms with Crippen LogP contribution in [0.4, 0.5) is 5.69 Å². The van der Waals surface area contributed by atoms with Crippen LogP contribution in [0.3, 0.4) is 0 Å². The average molecular weight is 424 g/mol. The lowest BCUT2D eigenvalue weighted by Gasteiger charge is -2.32. The Morgan fingerprint density at radius 3 is 2.59 bits per heavy atom. The van der Waals surface area contributed by atoms with Crippen molar-refractivity contribution < 1.29 is 9.59 Å². The van der Waals surface area contributed by atoms with Gasteiger partial charge in [0.05, 0.1) is 12.1 Å². The quantitative estimate of drug-likeness (QED) is 0.583. The summed E-state index contributed by atoms with van der Waals surface area (Å²) >= 11 is 0. The fraction of sp³-hybridized carbons (Fsp3) is 0.222. The molecular weight excluding hydrogens is 398 g/mol. The van der Waals surface area contributed by atoms with Crippen molar-refractivity contribution in [2.45, 2.75) is 33.2 Å². The third-order valence-corrected chi connectivity index (χ3v) is 6.24. The summed E-state index contributed by atoms with van der Waals surface area (Å²) in [5, 5.41) is 0. The summed E-state index contributed by atoms with van der Waals surface area (Å²) in [6.07, 6.45) is 5.29. The van der Waals surface area contributed by atoms with Gasteiger partial charge in [-0.25, -0.2) is 0 Å². The monoisotopic (exact) mass is 423 g/mol. The molecule has 0 atom stereocenters. The molecule has 0 saturated heterocycles. The number of para-hydroxylation sites is 1. The Morgan fingerprint density at radius 2 is 1.81 bits per heavy atom. The molecule has 0 spiro atoms. The van der Waals surface area contributed by atoms with Crippen molar-refractivity contribution >= 4 is 23.1 Å². The average Bonchev–Trinajstić information content (AvgIpc) is 3.04. The number of fused-ring (bicyclic) bond motifs is 1. The molecule has 5 nitrogen and oxygen atoms in total. The van der Waals surface area contributed by atoms with Gasteiger partial charge in [-0.1, -0.05) is 48.0 Å². The van der Waals surface area contributed by atoms with Crippen LogP contribution in [0.2, 0.25) is 0 Å². The molecule has 2 aliphatic heterocycles. The number of pyridine rings is 1. The van der Waals surface area contributed by atoms with Gasteiger partial charge in [0.15, 0.2) is 0 Å². The highest BCUT2D eigenvalue weighted by atomic mass is 16.2. The largest absolute Gasteiger partial charge is 0.336 e. The van der Waals surface area contributed by atoms with Gasteiger partial charge in [0.2, 0.25) is 0 Å². The van der Waals surface area contributed by atoms with Gasteiger partial charge < -0.3 is 4.90 Å². The highest BCUT2D eigenvalue weighted by Gasteiger charge is 2.43. The zero-order valence-electron chi connectivity index (χ0n) is 18.3. The number of imide groups is 1. The number of benzene rings is 2. The first-order valence-electron chi connectivity index (χ1n) is 11.0. The third kappa shape index (κ3) is 3.40. The van der Waals surface area contributed by atoms with E-state index in [1.54, 1.807) is 12.4 Å². The van der Waals surface area contributed by atoms with Crippen LogP contribution in [0.25, 0.3) is 5.57 Å². The first-order chi connectivity index (χ1) is 15.5. The van der Waals surface area contributed by atoms with Crippen molar-refractivity contribution in [3.63, 3.8) is 0 Å². The lowest BCUT2D eigenvalue weighted by molar-refractivity contribution is -0.137. The van der Waals surface area contributed by atoms with Crippen molar-refractivity contribution in [1.29, 1.82) is 0 Å². The Balaban J connectivity index is 1.66. The molecule has 0 aliphatic carbocycles. The molecule has 2 amide bonds. The van der Waals surface area contributed by atoms with Gasteiger partial charge >= 0.3 is 0 Å². The van der Waals surface area contributed by atoms with E-state index < -0.39 is 0 Å². The Kier molecular flexibility index (Phi) is 5.10. The minimum Gasteiger partial charge on any atom is -0.336 e. The number of hydrogen-bond acceptors (Lipinski definition) is 4. The molecule has 0 radical (unpaired) electrons. The number of hydrogen-bond donors (Lipinski definition) is 0. The van der Waals surface area contributed by atoms with Crippen LogP contribution in [-0.4, -0.2) is 28.2 Å². The van der Waals surface area contributed by atoms with Crippen molar-refractivity contribution in [3.05, 3.63) is 101 Å². The summed E-state index contributed by atoms with van der Waals surface area (Å²) in [7, 11) is 0. The van der Waals surface area contributed by atoms with E-state index in [-0.39, 0.29) is 18.4 Å². The Labute approximate surface area is 188 Å². The molecule has 2 aromatic carbocycles. The number of aromatic nitrogens is 1. The van der Waals surface area contributed by atoms with E-state index in [2.05, 4.69) is 22.0 Å². The topological polar surface area (TPSA) is 53.5 Å². The Morgan fingerprint density at radius 1 is 0.969 bits per heavy atom. The van der Waals surface area contributed by atoms with E-state index in [9.17, 15) is 9.59 Å². The molecule has 0 fully saturated rings. The van der Waals surface area contributed by atoms with Crippen LogP contribution in [-0.2, 0) is 22.6 Å². The first kappa shape index (κ1) is 20.2. The van der Waals surface area contributed by atoms with Gasteiger partial charge in [-0.2, -0.15) is 0 Å². The maximum atomic E-state index is 13.8. The van der Waals surface area contributed by atoms with E-state index in [0.717, 1.165) is 40.8 Å². The number of amides is 2. The highest BCUT2D eigenvalue weighted by molar-refractivity contribution is 6.37. The zero-order chi connectivity index (χ0) is 22.2. The Hall–Kier alpha value is -3.73. The fourth-order valence-corrected chi connectivity index (χ4v) is 4.73. The van der Waals surface area contributed by atoms with Crippen LogP contribution in [0.5, 0.6) is 0 Å². The van der Waals surface area contributed by atoms with Crippen LogP contribution in [0, 0.1) is 13.8 Å². The second-order valence-electron chi connectivity index (χ2n) is 8.48. The number of aryl methyl sites for hydroxylation is 3. The molecule has 160 valence electrons. The molecule has 0 N–H and O–H groups in total. The van der Waals surface area contributed by atoms with Crippen LogP contribution in [0.15, 0.2) is 72.7 Å². The first-order valence-corrected chi connectivity index (χ1v) is 11.0. The number of anilines is 1. The standard InChI is InChI=1S/C27H25N3O2/c1-18-11-12-22(19(2)15-18)24-25(29-14-6-9-21-8-3-4-10-23(21)29)27(32)30(26(24)31)17-20-7-5-13-28-16-20/h3-5,7-8,10-13,15-16H,6,9,14,17H2,1-2H3. The van der Waals surface area contributed by atoms with E-state index >= 15 is 0 Å². The van der Waals surface area contributed by atoms with E-state index in [0.29, 0.717) is 17.8 Å². The second-order valence-corrected chi connectivity index (χ2v) is 8.48. The van der Waals surface area contributed by atoms with Crippen molar-refractivity contribution in [2.24, 2.45) is 0 Å². The van der Waals surface area contributed by atoms with Gasteiger partial charge in [0.25, 0.3) is 11.8 Å². The molecular formula is C27H25N3O2. The molecule has 0 saturated carbocycles. The van der Waals surface area contributed by atoms with E-state index in [1.807, 2.05) is 56.3 Å². The molecule has 3 heterocycles. The van der Waals surface area contributed by atoms with Crippen molar-refractivity contribution in [1.82, 2.24) is 9.88 Å². The Bertz CT molecular complexity index is 1250. The second kappa shape index (κ2) is 8.08. The molecule has 0 bridgehead atoms. The number of carbonyl (C=O) groups excluding carboxylic acids is 2. The molecule has 3 aromatic rings. The van der Waals surface area contributed by atoms with Gasteiger partial charge in [0.1, 0.15) is 5.70 Å². The number of nitrogens with zero attached hydrogens (tertiary/aromatic N) is 3. The summed E-state index contributed by atoms with van der Waals surface area (Å²) in [5.41, 5.74) is 6.96. The number of carbonyl (C=O) groups is 2. The van der Waals surface area contributed by atoms with Crippen LogP contribution in [0.1, 0.15) is 34.2 Å². The lowest BCUT2D eigenvalue weighted by Crippen LogP contribution is -2.36. The van der Waals surface area contributed by atoms with Crippen LogP contribution >= 0.6 is 0 Å². The summed E-state index contributed by atoms with van der Waals surface area (Å²) in [4.78, 5) is 35.1. The minimum absolute atomic E-state index is 0.207. The molecule has 1 aromatic heterocycles. The maximum Gasteiger partial charge on any atom is 0.278 e. The summed E-state index contributed by atoms with van der Waals surface area (Å²) in [5.74, 6) is -0.491. The van der Waals surface area contributed by atoms with Gasteiger partial charge in [-0.15, -0.1) is 0 Å². The molecule has 5 heteroatoms. The minimum atomic E-state index is -0.246. The molecule has 32 heavy (non-hydrogen) atoms. The van der Waals surface area contributed by atoms with Crippen molar-refractivity contribution in [3.8, 4) is 0 Å². The summed E-state index contributed by atoms with van der Waals surface area (Å²) in [6, 6.07) is 17.9. The van der Waals surface area contributed by atoms with E-state index in [4.69, 9.17) is 0 Å². The predicted octanol–water partition coefficient (Wildman–Crippen LogP) is 4.43. The summed E-state index contributed by atoms with van der Waals surface area (Å²) in [6.45, 7) is 4.95. The van der Waals surface area contributed by atoms with Crippen LogP contribution < -0.4 is 4.90 Å². The molecule has 5 rings (SSSR count). The molecule has 0 unspecified atom stereocenters. The SMILES string of the molecule is Cc1ccc(C2=C(N3CCCc4ccccc43)C(=O)N(Cc3cccnc3)C2=O)c(C)c1. The predicted molar refractivity (Wildman–Crippen MR) is 125 cm³/mol. The van der Waals surface area contributed by atoms with Crippen molar-refractivity contribution in [2.75, 3.05) is 11.4 Å². The smallest absolute Gasteiger partial charge is 0.278 e.